The molecule has 3 amide bonds. The van der Waals surface area contributed by atoms with Gasteiger partial charge in [-0.25, -0.2) is 0 Å². The largest absolute Gasteiger partial charge is 0.489 e. The van der Waals surface area contributed by atoms with Gasteiger partial charge in [-0.3, -0.25) is 24.6 Å². The van der Waals surface area contributed by atoms with Crippen molar-refractivity contribution in [3.63, 3.8) is 0 Å². The summed E-state index contributed by atoms with van der Waals surface area (Å²) in [6, 6.07) is 11.8. The lowest BCUT2D eigenvalue weighted by molar-refractivity contribution is -0.136. The Morgan fingerprint density at radius 1 is 1.09 bits per heavy atom. The Bertz CT molecular complexity index is 1270. The van der Waals surface area contributed by atoms with E-state index in [1.54, 1.807) is 18.2 Å². The van der Waals surface area contributed by atoms with Crippen LogP contribution >= 0.6 is 0 Å². The van der Waals surface area contributed by atoms with Gasteiger partial charge >= 0.3 is 0 Å². The number of nitrogens with zero attached hydrogens (tertiary/aromatic N) is 2. The van der Waals surface area contributed by atoms with E-state index in [1.807, 2.05) is 24.3 Å². The van der Waals surface area contributed by atoms with Gasteiger partial charge < -0.3 is 14.4 Å². The number of morpholine rings is 1. The number of benzene rings is 2. The molecule has 2 unspecified atom stereocenters. The predicted octanol–water partition coefficient (Wildman–Crippen LogP) is 1.86. The fourth-order valence-corrected chi connectivity index (χ4v) is 4.23. The summed E-state index contributed by atoms with van der Waals surface area (Å²) in [5, 5.41) is 2.30. The van der Waals surface area contributed by atoms with Crippen molar-refractivity contribution >= 4 is 17.7 Å². The number of carbonyl (C=O) groups excluding carboxylic acids is 3. The van der Waals surface area contributed by atoms with Gasteiger partial charge in [-0.15, -0.1) is 0 Å². The number of nitrogens with one attached hydrogen (secondary N) is 1. The van der Waals surface area contributed by atoms with Crippen LogP contribution in [0.1, 0.15) is 46.7 Å². The average molecular weight is 455 g/mol. The number of hydrogen-bond acceptors (Lipinski definition) is 6. The molecule has 5 rings (SSSR count). The molecule has 2 fully saturated rings. The minimum atomic E-state index is -2.43. The lowest BCUT2D eigenvalue weighted by atomic mass is 10.0. The average Bonchev–Trinajstić information content (AvgIpc) is 3.18. The van der Waals surface area contributed by atoms with Gasteiger partial charge in [-0.1, -0.05) is 30.3 Å². The van der Waals surface area contributed by atoms with Crippen molar-refractivity contribution in [2.45, 2.75) is 38.6 Å². The molecule has 33 heavy (non-hydrogen) atoms. The highest BCUT2D eigenvalue weighted by Gasteiger charge is 2.40. The summed E-state index contributed by atoms with van der Waals surface area (Å²) in [6.07, 6.45) is 0.470. The van der Waals surface area contributed by atoms with Crippen LogP contribution in [0.3, 0.4) is 0 Å². The van der Waals surface area contributed by atoms with Crippen LogP contribution in [0.4, 0.5) is 0 Å². The molecule has 8 heteroatoms. The molecule has 8 nitrogen and oxygen atoms in total. The lowest BCUT2D eigenvalue weighted by Crippen LogP contribution is -2.52. The van der Waals surface area contributed by atoms with E-state index >= 15 is 0 Å². The van der Waals surface area contributed by atoms with Gasteiger partial charge in [0.05, 0.1) is 25.1 Å². The number of carbonyl (C=O) groups is 3. The van der Waals surface area contributed by atoms with Crippen molar-refractivity contribution in [3.8, 4) is 5.75 Å². The first kappa shape index (κ1) is 16.4. The van der Waals surface area contributed by atoms with Crippen molar-refractivity contribution in [2.24, 2.45) is 0 Å². The molecule has 2 aromatic rings. The number of rotatable bonds is 6. The first-order valence-corrected chi connectivity index (χ1v) is 10.8. The summed E-state index contributed by atoms with van der Waals surface area (Å²) in [4.78, 5) is 39.7. The number of hydrogen-bond donors (Lipinski definition) is 1. The molecule has 2 saturated heterocycles. The van der Waals surface area contributed by atoms with Crippen molar-refractivity contribution in [2.75, 3.05) is 26.2 Å². The van der Waals surface area contributed by atoms with Gasteiger partial charge in [0.25, 0.3) is 5.91 Å². The summed E-state index contributed by atoms with van der Waals surface area (Å²) in [5.74, 6) is -0.541. The Labute approximate surface area is 199 Å². The smallest absolute Gasteiger partial charge is 0.255 e. The van der Waals surface area contributed by atoms with Crippen molar-refractivity contribution in [1.82, 2.24) is 15.1 Å². The summed E-state index contributed by atoms with van der Waals surface area (Å²) >= 11 is 0. The van der Waals surface area contributed by atoms with E-state index in [0.717, 1.165) is 11.1 Å². The Hall–Kier alpha value is -3.23. The molecular weight excluding hydrogens is 422 g/mol. The van der Waals surface area contributed by atoms with Gasteiger partial charge in [0.15, 0.2) is 0 Å². The zero-order chi connectivity index (χ0) is 27.2. The monoisotopic (exact) mass is 454 g/mol. The highest BCUT2D eigenvalue weighted by atomic mass is 16.5. The molecule has 172 valence electrons. The second-order valence-corrected chi connectivity index (χ2v) is 8.19. The van der Waals surface area contributed by atoms with Crippen LogP contribution in [0.5, 0.6) is 5.75 Å². The first-order chi connectivity index (χ1) is 17.9. The second kappa shape index (κ2) is 9.33. The van der Waals surface area contributed by atoms with Crippen LogP contribution in [-0.2, 0) is 34.0 Å². The summed E-state index contributed by atoms with van der Waals surface area (Å²) in [7, 11) is 0. The Balaban J connectivity index is 1.23. The molecule has 0 aromatic heterocycles. The van der Waals surface area contributed by atoms with Crippen LogP contribution < -0.4 is 10.1 Å². The summed E-state index contributed by atoms with van der Waals surface area (Å²) in [5.41, 5.74) is 2.78. The van der Waals surface area contributed by atoms with Gasteiger partial charge in [-0.05, 0) is 29.7 Å². The van der Waals surface area contributed by atoms with Crippen LogP contribution in [-0.4, -0.2) is 59.7 Å². The second-order valence-electron chi connectivity index (χ2n) is 8.19. The molecule has 0 bridgehead atoms. The van der Waals surface area contributed by atoms with E-state index < -0.39 is 31.6 Å². The van der Waals surface area contributed by atoms with E-state index in [9.17, 15) is 14.4 Å². The minimum Gasteiger partial charge on any atom is -0.489 e. The number of piperidine rings is 1. The van der Waals surface area contributed by atoms with Crippen LogP contribution in [0.15, 0.2) is 42.5 Å². The maximum Gasteiger partial charge on any atom is 0.255 e. The molecule has 3 aliphatic heterocycles. The number of ether oxygens (including phenoxy) is 2. The Morgan fingerprint density at radius 2 is 1.91 bits per heavy atom. The Kier molecular flexibility index (Phi) is 4.63. The van der Waals surface area contributed by atoms with E-state index in [1.165, 1.54) is 9.80 Å². The van der Waals surface area contributed by atoms with Crippen molar-refractivity contribution in [1.29, 1.82) is 0 Å². The van der Waals surface area contributed by atoms with Gasteiger partial charge in [-0.2, -0.15) is 0 Å². The number of imide groups is 1. The van der Waals surface area contributed by atoms with E-state index in [2.05, 4.69) is 5.32 Å². The molecule has 0 aliphatic carbocycles. The van der Waals surface area contributed by atoms with Gasteiger partial charge in [0.1, 0.15) is 18.4 Å². The summed E-state index contributed by atoms with van der Waals surface area (Å²) in [6.45, 7) is -5.60. The molecule has 0 spiro atoms. The van der Waals surface area contributed by atoms with Crippen LogP contribution in [0.2, 0.25) is 0 Å². The zero-order valence-electron chi connectivity index (χ0n) is 22.9. The maximum absolute atomic E-state index is 13.0. The highest BCUT2D eigenvalue weighted by Crippen LogP contribution is 2.34. The molecular formula is C25H27N3O5. The maximum atomic E-state index is 13.0. The molecule has 0 radical (unpaired) electrons. The van der Waals surface area contributed by atoms with Crippen LogP contribution in [0.25, 0.3) is 0 Å². The molecule has 1 N–H and O–H groups in total. The third-order valence-electron chi connectivity index (χ3n) is 5.98. The van der Waals surface area contributed by atoms with E-state index in [0.29, 0.717) is 16.9 Å². The van der Waals surface area contributed by atoms with E-state index in [-0.39, 0.29) is 50.9 Å². The van der Waals surface area contributed by atoms with Crippen molar-refractivity contribution in [3.05, 3.63) is 64.7 Å². The molecule has 3 aliphatic rings. The predicted molar refractivity (Wildman–Crippen MR) is 119 cm³/mol. The first-order valence-electron chi connectivity index (χ1n) is 13.3. The molecule has 2 atom stereocenters. The van der Waals surface area contributed by atoms with Gasteiger partial charge in [0.2, 0.25) is 11.8 Å². The summed E-state index contributed by atoms with van der Waals surface area (Å²) < 4.78 is 50.1. The van der Waals surface area contributed by atoms with E-state index in [4.69, 9.17) is 16.3 Å². The highest BCUT2D eigenvalue weighted by molar-refractivity contribution is 6.05. The zero-order valence-corrected chi connectivity index (χ0v) is 17.9. The fraction of sp³-hybridized carbons (Fsp3) is 0.400. The third kappa shape index (κ3) is 4.62. The molecule has 0 saturated carbocycles. The molecule has 2 aromatic carbocycles. The normalized spacial score (nSPS) is 28.7. The molecule has 3 heterocycles. The quantitative estimate of drug-likeness (QED) is 0.671. The lowest BCUT2D eigenvalue weighted by Gasteiger charge is -2.29. The minimum absolute atomic E-state index is 0.183. The number of fused-ring (bicyclic) bond motifs is 1. The van der Waals surface area contributed by atoms with Crippen molar-refractivity contribution < 1.29 is 30.7 Å². The van der Waals surface area contributed by atoms with Crippen LogP contribution in [0, 0.1) is 0 Å². The standard InChI is InChI=1S/C25H27N3O5/c29-23-9-8-21(24(30)26-23)28-15-20-19(25(28)31)2-1-3-22(20)33-16-18-6-4-17(5-7-18)14-27-10-12-32-13-11-27/h1-7,21H,8-16H2,(H,26,29,30)/i10D,12D2,13D2. The SMILES string of the molecule is [2H]C1N(Cc2ccc(COc3cccc4c3CN(C3CCC(=O)NC3=O)C4=O)cc2)CC([2H])([2H])OC1([2H])[2H]. The topological polar surface area (TPSA) is 88.2 Å². The Morgan fingerprint density at radius 3 is 2.73 bits per heavy atom. The number of amides is 3. The van der Waals surface area contributed by atoms with Gasteiger partial charge in [0, 0.05) is 38.5 Å². The third-order valence-corrected chi connectivity index (χ3v) is 5.98. The fourth-order valence-electron chi connectivity index (χ4n) is 4.23.